The molecule has 0 aliphatic carbocycles. The Kier molecular flexibility index (Phi) is 4.60. The second-order valence-electron chi connectivity index (χ2n) is 5.68. The van der Waals surface area contributed by atoms with E-state index in [9.17, 15) is 17.6 Å². The molecule has 0 bridgehead atoms. The van der Waals surface area contributed by atoms with Gasteiger partial charge in [0.05, 0.1) is 23.6 Å². The van der Waals surface area contributed by atoms with Crippen LogP contribution in [0.5, 0.6) is 0 Å². The third-order valence-corrected chi connectivity index (χ3v) is 7.14. The van der Waals surface area contributed by atoms with E-state index < -0.39 is 15.7 Å². The van der Waals surface area contributed by atoms with Gasteiger partial charge in [-0.2, -0.15) is 10.3 Å². The van der Waals surface area contributed by atoms with Crippen LogP contribution in [0.2, 0.25) is 0 Å². The van der Waals surface area contributed by atoms with Gasteiger partial charge in [-0.3, -0.25) is 4.79 Å². The van der Waals surface area contributed by atoms with Crippen molar-refractivity contribution < 1.29 is 17.6 Å². The molecular formula is C15H14FN3O3S2. The molecule has 1 aromatic rings. The van der Waals surface area contributed by atoms with Crippen LogP contribution in [-0.2, 0) is 21.2 Å². The van der Waals surface area contributed by atoms with E-state index >= 15 is 0 Å². The quantitative estimate of drug-likeness (QED) is 0.801. The number of carbonyl (C=O) groups excluding carboxylic acids is 1. The number of fused-ring (bicyclic) bond motifs is 1. The first-order valence-corrected chi connectivity index (χ1v) is 9.95. The minimum atomic E-state index is -3.11. The summed E-state index contributed by atoms with van der Waals surface area (Å²) in [6, 6.07) is 7.39. The number of nitrogens with zero attached hydrogens (tertiary/aromatic N) is 3. The zero-order valence-corrected chi connectivity index (χ0v) is 14.2. The molecule has 2 heterocycles. The fourth-order valence-corrected chi connectivity index (χ4v) is 6.79. The van der Waals surface area contributed by atoms with Gasteiger partial charge in [-0.05, 0) is 17.7 Å². The lowest BCUT2D eigenvalue weighted by molar-refractivity contribution is -0.116. The number of aliphatic imine (C=N–C) groups is 1. The van der Waals surface area contributed by atoms with Gasteiger partial charge in [0.1, 0.15) is 12.2 Å². The zero-order chi connectivity index (χ0) is 17.3. The SMILES string of the molecule is N#CCC(=O)N=C1S[C@@H]2CS(=O)(=O)C[C@H]2N1Cc1ccc(F)cc1. The molecule has 9 heteroatoms. The van der Waals surface area contributed by atoms with Crippen molar-refractivity contribution in [2.75, 3.05) is 11.5 Å². The van der Waals surface area contributed by atoms with Crippen LogP contribution >= 0.6 is 11.8 Å². The monoisotopic (exact) mass is 367 g/mol. The molecule has 24 heavy (non-hydrogen) atoms. The number of sulfone groups is 1. The van der Waals surface area contributed by atoms with Crippen molar-refractivity contribution >= 4 is 32.7 Å². The molecule has 126 valence electrons. The fraction of sp³-hybridized carbons (Fsp3) is 0.400. The molecule has 2 fully saturated rings. The van der Waals surface area contributed by atoms with Gasteiger partial charge in [-0.25, -0.2) is 12.8 Å². The molecular weight excluding hydrogens is 353 g/mol. The molecule has 1 amide bonds. The van der Waals surface area contributed by atoms with E-state index in [0.29, 0.717) is 11.7 Å². The molecule has 0 aromatic heterocycles. The highest BCUT2D eigenvalue weighted by atomic mass is 32.2. The summed E-state index contributed by atoms with van der Waals surface area (Å²) in [5.74, 6) is -0.841. The average Bonchev–Trinajstić information content (AvgIpc) is 2.95. The average molecular weight is 367 g/mol. The van der Waals surface area contributed by atoms with Gasteiger partial charge in [0.25, 0.3) is 5.91 Å². The molecule has 2 aliphatic rings. The van der Waals surface area contributed by atoms with Crippen LogP contribution < -0.4 is 0 Å². The van der Waals surface area contributed by atoms with Gasteiger partial charge in [0.15, 0.2) is 15.0 Å². The van der Waals surface area contributed by atoms with Crippen molar-refractivity contribution in [2.45, 2.75) is 24.3 Å². The Labute approximate surface area is 143 Å². The highest BCUT2D eigenvalue weighted by molar-refractivity contribution is 8.15. The standard InChI is InChI=1S/C15H14FN3O3S2/c16-11-3-1-10(2-4-11)7-19-12-8-24(21,22)9-13(12)23-15(19)18-14(20)5-6-17/h1-4,12-13H,5,7-9H2/t12-,13-/m1/s1. The first-order chi connectivity index (χ1) is 11.4. The third kappa shape index (κ3) is 3.60. The predicted molar refractivity (Wildman–Crippen MR) is 88.4 cm³/mol. The molecule has 0 saturated carbocycles. The number of thioether (sulfide) groups is 1. The van der Waals surface area contributed by atoms with Crippen molar-refractivity contribution in [3.63, 3.8) is 0 Å². The summed E-state index contributed by atoms with van der Waals surface area (Å²) < 4.78 is 36.8. The van der Waals surface area contributed by atoms with Gasteiger partial charge >= 0.3 is 0 Å². The maximum absolute atomic E-state index is 13.1. The molecule has 2 aliphatic heterocycles. The molecule has 0 spiro atoms. The normalized spacial score (nSPS) is 26.3. The van der Waals surface area contributed by atoms with E-state index in [1.54, 1.807) is 23.1 Å². The minimum Gasteiger partial charge on any atom is -0.342 e. The number of benzene rings is 1. The summed E-state index contributed by atoms with van der Waals surface area (Å²) in [6.45, 7) is 0.336. The lowest BCUT2D eigenvalue weighted by Gasteiger charge is -2.24. The van der Waals surface area contributed by atoms with E-state index in [0.717, 1.165) is 5.56 Å². The van der Waals surface area contributed by atoms with Gasteiger partial charge in [0, 0.05) is 11.8 Å². The maximum atomic E-state index is 13.1. The zero-order valence-electron chi connectivity index (χ0n) is 12.6. The van der Waals surface area contributed by atoms with Crippen molar-refractivity contribution in [1.29, 1.82) is 5.26 Å². The lowest BCUT2D eigenvalue weighted by atomic mass is 10.1. The second kappa shape index (κ2) is 6.53. The topological polar surface area (TPSA) is 90.6 Å². The van der Waals surface area contributed by atoms with Crippen LogP contribution in [0.4, 0.5) is 4.39 Å². The highest BCUT2D eigenvalue weighted by Gasteiger charge is 2.48. The van der Waals surface area contributed by atoms with E-state index in [4.69, 9.17) is 5.26 Å². The van der Waals surface area contributed by atoms with Crippen LogP contribution in [0.25, 0.3) is 0 Å². The van der Waals surface area contributed by atoms with Crippen LogP contribution in [0.1, 0.15) is 12.0 Å². The van der Waals surface area contributed by atoms with Gasteiger partial charge < -0.3 is 4.90 Å². The number of nitriles is 1. The summed E-state index contributed by atoms with van der Waals surface area (Å²) in [5, 5.41) is 8.85. The molecule has 2 saturated heterocycles. The summed E-state index contributed by atoms with van der Waals surface area (Å²) in [5.41, 5.74) is 0.794. The number of rotatable bonds is 3. The second-order valence-corrected chi connectivity index (χ2v) is 9.04. The Morgan fingerprint density at radius 3 is 2.75 bits per heavy atom. The Morgan fingerprint density at radius 2 is 2.08 bits per heavy atom. The van der Waals surface area contributed by atoms with Crippen LogP contribution in [0.15, 0.2) is 29.3 Å². The Morgan fingerprint density at radius 1 is 1.38 bits per heavy atom. The maximum Gasteiger partial charge on any atom is 0.262 e. The molecule has 1 aromatic carbocycles. The summed E-state index contributed by atoms with van der Waals surface area (Å²) in [7, 11) is -3.11. The lowest BCUT2D eigenvalue weighted by Crippen LogP contribution is -2.37. The van der Waals surface area contributed by atoms with E-state index in [1.165, 1.54) is 23.9 Å². The van der Waals surface area contributed by atoms with Gasteiger partial charge in [-0.15, -0.1) is 0 Å². The van der Waals surface area contributed by atoms with Crippen LogP contribution in [-0.4, -0.2) is 47.2 Å². The molecule has 3 rings (SSSR count). The molecule has 6 nitrogen and oxygen atoms in total. The van der Waals surface area contributed by atoms with Crippen LogP contribution in [0, 0.1) is 17.1 Å². The number of carbonyl (C=O) groups is 1. The van der Waals surface area contributed by atoms with E-state index in [-0.39, 0.29) is 35.0 Å². The highest BCUT2D eigenvalue weighted by Crippen LogP contribution is 2.39. The Bertz CT molecular complexity index is 831. The minimum absolute atomic E-state index is 0.0112. The van der Waals surface area contributed by atoms with E-state index in [1.807, 2.05) is 0 Å². The predicted octanol–water partition coefficient (Wildman–Crippen LogP) is 1.34. The van der Waals surface area contributed by atoms with E-state index in [2.05, 4.69) is 4.99 Å². The van der Waals surface area contributed by atoms with Crippen molar-refractivity contribution in [2.24, 2.45) is 4.99 Å². The smallest absolute Gasteiger partial charge is 0.262 e. The van der Waals surface area contributed by atoms with Gasteiger partial charge in [0.2, 0.25) is 0 Å². The van der Waals surface area contributed by atoms with Crippen LogP contribution in [0.3, 0.4) is 0 Å². The molecule has 0 unspecified atom stereocenters. The Balaban J connectivity index is 1.88. The van der Waals surface area contributed by atoms with Crippen molar-refractivity contribution in [3.8, 4) is 6.07 Å². The number of amides is 1. The fourth-order valence-electron chi connectivity index (χ4n) is 2.82. The first-order valence-electron chi connectivity index (χ1n) is 7.24. The molecule has 0 radical (unpaired) electrons. The first kappa shape index (κ1) is 16.9. The Hall–Kier alpha value is -1.92. The van der Waals surface area contributed by atoms with Gasteiger partial charge in [-0.1, -0.05) is 23.9 Å². The molecule has 2 atom stereocenters. The largest absolute Gasteiger partial charge is 0.342 e. The number of amidine groups is 1. The number of hydrogen-bond acceptors (Lipinski definition) is 5. The summed E-state index contributed by atoms with van der Waals surface area (Å²) >= 11 is 1.26. The number of halogens is 1. The number of hydrogen-bond donors (Lipinski definition) is 0. The van der Waals surface area contributed by atoms with Crippen molar-refractivity contribution in [1.82, 2.24) is 4.90 Å². The third-order valence-electron chi connectivity index (χ3n) is 3.89. The van der Waals surface area contributed by atoms with Crippen molar-refractivity contribution in [3.05, 3.63) is 35.6 Å². The summed E-state index contributed by atoms with van der Waals surface area (Å²) in [4.78, 5) is 17.4. The summed E-state index contributed by atoms with van der Waals surface area (Å²) in [6.07, 6.45) is -0.317. The molecule has 0 N–H and O–H groups in total.